The van der Waals surface area contributed by atoms with Crippen molar-refractivity contribution in [2.24, 2.45) is 11.7 Å². The van der Waals surface area contributed by atoms with Gasteiger partial charge in [0.05, 0.1) is 16.3 Å². The molecule has 0 aromatic heterocycles. The average molecular weight is 300 g/mol. The Morgan fingerprint density at radius 1 is 1.30 bits per heavy atom. The van der Waals surface area contributed by atoms with Crippen molar-refractivity contribution in [1.82, 2.24) is 4.72 Å². The van der Waals surface area contributed by atoms with Crippen LogP contribution in [-0.2, 0) is 14.8 Å². The van der Waals surface area contributed by atoms with Gasteiger partial charge in [-0.25, -0.2) is 13.1 Å². The van der Waals surface area contributed by atoms with E-state index in [2.05, 4.69) is 10.0 Å². The van der Waals surface area contributed by atoms with Gasteiger partial charge < -0.3 is 16.8 Å². The molecule has 0 aliphatic heterocycles. The predicted octanol–water partition coefficient (Wildman–Crippen LogP) is 0.0987. The number of hydrogen-bond acceptors (Lipinski definition) is 5. The fourth-order valence-electron chi connectivity index (χ4n) is 1.68. The Morgan fingerprint density at radius 3 is 2.35 bits per heavy atom. The number of sulfonamides is 1. The van der Waals surface area contributed by atoms with Crippen molar-refractivity contribution < 1.29 is 13.2 Å². The van der Waals surface area contributed by atoms with Gasteiger partial charge in [-0.15, -0.1) is 0 Å². The van der Waals surface area contributed by atoms with Crippen LogP contribution in [0.15, 0.2) is 23.1 Å². The Kier molecular flexibility index (Phi) is 4.96. The quantitative estimate of drug-likeness (QED) is 0.554. The zero-order chi connectivity index (χ0) is 15.5. The summed E-state index contributed by atoms with van der Waals surface area (Å²) in [5.74, 6) is -0.585. The second-order valence-corrected chi connectivity index (χ2v) is 6.61. The summed E-state index contributed by atoms with van der Waals surface area (Å²) < 4.78 is 25.7. The highest BCUT2D eigenvalue weighted by molar-refractivity contribution is 7.89. The molecule has 1 amide bonds. The molecule has 7 nitrogen and oxygen atoms in total. The fraction of sp³-hybridized carbons (Fsp3) is 0.417. The summed E-state index contributed by atoms with van der Waals surface area (Å²) in [5, 5.41) is 2.89. The van der Waals surface area contributed by atoms with Crippen molar-refractivity contribution in [3.8, 4) is 0 Å². The minimum Gasteiger partial charge on any atom is -0.397 e. The van der Waals surface area contributed by atoms with Crippen LogP contribution in [0.2, 0.25) is 0 Å². The van der Waals surface area contributed by atoms with Gasteiger partial charge >= 0.3 is 0 Å². The summed E-state index contributed by atoms with van der Waals surface area (Å²) >= 11 is 0. The van der Waals surface area contributed by atoms with E-state index in [1.54, 1.807) is 0 Å². The van der Waals surface area contributed by atoms with Gasteiger partial charge in [0.2, 0.25) is 15.9 Å². The normalized spacial score (nSPS) is 13.2. The zero-order valence-corrected chi connectivity index (χ0v) is 12.5. The van der Waals surface area contributed by atoms with Gasteiger partial charge in [0.25, 0.3) is 0 Å². The Morgan fingerprint density at radius 2 is 1.90 bits per heavy atom. The van der Waals surface area contributed by atoms with Crippen LogP contribution in [0.5, 0.6) is 0 Å². The molecule has 1 atom stereocenters. The third kappa shape index (κ3) is 3.61. The maximum Gasteiger partial charge on any atom is 0.240 e. The topological polar surface area (TPSA) is 127 Å². The van der Waals surface area contributed by atoms with Gasteiger partial charge in [-0.05, 0) is 31.2 Å². The molecule has 1 aromatic carbocycles. The molecule has 0 heterocycles. The first-order valence-electron chi connectivity index (χ1n) is 6.08. The summed E-state index contributed by atoms with van der Waals surface area (Å²) in [5.41, 5.74) is 11.8. The Balaban J connectivity index is 3.19. The van der Waals surface area contributed by atoms with Gasteiger partial charge in [-0.2, -0.15) is 0 Å². The molecule has 112 valence electrons. The van der Waals surface area contributed by atoms with Crippen LogP contribution in [0.1, 0.15) is 13.8 Å². The largest absolute Gasteiger partial charge is 0.397 e. The zero-order valence-electron chi connectivity index (χ0n) is 11.7. The van der Waals surface area contributed by atoms with E-state index in [1.807, 2.05) is 13.8 Å². The van der Waals surface area contributed by atoms with Crippen molar-refractivity contribution >= 4 is 27.3 Å². The van der Waals surface area contributed by atoms with Crippen molar-refractivity contribution in [1.29, 1.82) is 0 Å². The molecule has 0 fully saturated rings. The van der Waals surface area contributed by atoms with Crippen LogP contribution in [-0.4, -0.2) is 27.4 Å². The first-order chi connectivity index (χ1) is 9.19. The molecule has 20 heavy (non-hydrogen) atoms. The highest BCUT2D eigenvalue weighted by Crippen LogP contribution is 2.24. The molecule has 0 bridgehead atoms. The number of anilines is 2. The van der Waals surface area contributed by atoms with E-state index < -0.39 is 22.0 Å². The predicted molar refractivity (Wildman–Crippen MR) is 78.5 cm³/mol. The number of carbonyl (C=O) groups is 1. The van der Waals surface area contributed by atoms with Crippen LogP contribution in [0.25, 0.3) is 0 Å². The smallest absolute Gasteiger partial charge is 0.240 e. The molecule has 0 aliphatic rings. The number of nitrogens with one attached hydrogen (secondary N) is 2. The Labute approximate surface area is 118 Å². The number of amides is 1. The molecule has 1 aromatic rings. The Bertz CT molecular complexity index is 599. The minimum atomic E-state index is -3.58. The molecule has 0 spiro atoms. The first-order valence-corrected chi connectivity index (χ1v) is 7.56. The van der Waals surface area contributed by atoms with E-state index in [0.29, 0.717) is 11.4 Å². The van der Waals surface area contributed by atoms with Crippen molar-refractivity contribution in [3.05, 3.63) is 18.2 Å². The number of rotatable bonds is 6. The first kappa shape index (κ1) is 16.3. The number of primary amides is 1. The monoisotopic (exact) mass is 300 g/mol. The van der Waals surface area contributed by atoms with Crippen molar-refractivity contribution in [2.45, 2.75) is 24.8 Å². The number of carbonyl (C=O) groups excluding carboxylic acids is 1. The molecule has 0 aliphatic carbocycles. The molecular weight excluding hydrogens is 280 g/mol. The molecule has 0 saturated heterocycles. The molecule has 8 heteroatoms. The van der Waals surface area contributed by atoms with E-state index in [4.69, 9.17) is 11.5 Å². The number of benzene rings is 1. The van der Waals surface area contributed by atoms with Gasteiger partial charge in [0.1, 0.15) is 6.04 Å². The second-order valence-electron chi connectivity index (χ2n) is 4.73. The molecule has 6 N–H and O–H groups in total. The summed E-state index contributed by atoms with van der Waals surface area (Å²) in [6, 6.07) is 3.59. The summed E-state index contributed by atoms with van der Waals surface area (Å²) in [6.45, 7) is 3.65. The van der Waals surface area contributed by atoms with E-state index >= 15 is 0 Å². The van der Waals surface area contributed by atoms with Crippen molar-refractivity contribution in [3.63, 3.8) is 0 Å². The lowest BCUT2D eigenvalue weighted by atomic mass is 10.0. The second kappa shape index (κ2) is 6.10. The SMILES string of the molecule is CNS(=O)(=O)c1ccc(N)c(NC(C(N)=O)C(C)C)c1. The van der Waals surface area contributed by atoms with Crippen LogP contribution < -0.4 is 21.5 Å². The summed E-state index contributed by atoms with van der Waals surface area (Å²) in [4.78, 5) is 11.4. The van der Waals surface area contributed by atoms with E-state index in [9.17, 15) is 13.2 Å². The molecule has 1 unspecified atom stereocenters. The highest BCUT2D eigenvalue weighted by atomic mass is 32.2. The standard InChI is InChI=1S/C12H20N4O3S/c1-7(2)11(12(14)17)16-10-6-8(4-5-9(10)13)20(18,19)15-3/h4-7,11,15-16H,13H2,1-3H3,(H2,14,17). The third-order valence-corrected chi connectivity index (χ3v) is 4.30. The van der Waals surface area contributed by atoms with E-state index in [0.717, 1.165) is 0 Å². The lowest BCUT2D eigenvalue weighted by Gasteiger charge is -2.21. The number of nitrogen functional groups attached to an aromatic ring is 1. The van der Waals surface area contributed by atoms with Crippen LogP contribution in [0, 0.1) is 5.92 Å². The third-order valence-electron chi connectivity index (χ3n) is 2.89. The maximum atomic E-state index is 11.7. The molecule has 0 saturated carbocycles. The lowest BCUT2D eigenvalue weighted by Crippen LogP contribution is -2.39. The highest BCUT2D eigenvalue weighted by Gasteiger charge is 2.21. The fourth-order valence-corrected chi connectivity index (χ4v) is 2.44. The number of hydrogen-bond donors (Lipinski definition) is 4. The molecule has 1 rings (SSSR count). The van der Waals surface area contributed by atoms with Gasteiger partial charge in [-0.1, -0.05) is 13.8 Å². The van der Waals surface area contributed by atoms with Gasteiger partial charge in [-0.3, -0.25) is 4.79 Å². The maximum absolute atomic E-state index is 11.7. The Hall–Kier alpha value is -1.80. The minimum absolute atomic E-state index is 0.0588. The molecular formula is C12H20N4O3S. The summed E-state index contributed by atoms with van der Waals surface area (Å²) in [7, 11) is -2.26. The lowest BCUT2D eigenvalue weighted by molar-refractivity contribution is -0.119. The van der Waals surface area contributed by atoms with E-state index in [1.165, 1.54) is 25.2 Å². The van der Waals surface area contributed by atoms with Crippen LogP contribution in [0.4, 0.5) is 11.4 Å². The van der Waals surface area contributed by atoms with Crippen LogP contribution >= 0.6 is 0 Å². The van der Waals surface area contributed by atoms with E-state index in [-0.39, 0.29) is 10.8 Å². The summed E-state index contributed by atoms with van der Waals surface area (Å²) in [6.07, 6.45) is 0. The number of nitrogens with two attached hydrogens (primary N) is 2. The van der Waals surface area contributed by atoms with Gasteiger partial charge in [0, 0.05) is 0 Å². The van der Waals surface area contributed by atoms with Gasteiger partial charge in [0.15, 0.2) is 0 Å². The average Bonchev–Trinajstić information content (AvgIpc) is 2.36. The molecule has 0 radical (unpaired) electrons. The van der Waals surface area contributed by atoms with Crippen LogP contribution in [0.3, 0.4) is 0 Å². The van der Waals surface area contributed by atoms with Crippen molar-refractivity contribution in [2.75, 3.05) is 18.1 Å².